The van der Waals surface area contributed by atoms with Gasteiger partial charge in [-0.25, -0.2) is 0 Å². The molecule has 0 radical (unpaired) electrons. The van der Waals surface area contributed by atoms with Gasteiger partial charge in [-0.2, -0.15) is 0 Å². The Kier molecular flexibility index (Phi) is 9.88. The monoisotopic (exact) mass is 440 g/mol. The number of aliphatic hydroxyl groups is 1. The summed E-state index contributed by atoms with van der Waals surface area (Å²) < 4.78 is 6.07. The summed E-state index contributed by atoms with van der Waals surface area (Å²) in [5.41, 5.74) is 3.98. The Morgan fingerprint density at radius 1 is 1.00 bits per heavy atom. The van der Waals surface area contributed by atoms with Crippen molar-refractivity contribution < 1.29 is 14.6 Å². The Bertz CT molecular complexity index is 841. The molecule has 176 valence electrons. The van der Waals surface area contributed by atoms with Gasteiger partial charge in [-0.15, -0.1) is 0 Å². The number of carbonyl (C=O) groups is 1. The molecule has 32 heavy (non-hydrogen) atoms. The number of aliphatic hydroxyl groups excluding tert-OH is 1. The molecule has 5 nitrogen and oxygen atoms in total. The minimum absolute atomic E-state index is 0.0586. The summed E-state index contributed by atoms with van der Waals surface area (Å²) in [4.78, 5) is 17.5. The van der Waals surface area contributed by atoms with Crippen molar-refractivity contribution in [3.63, 3.8) is 0 Å². The van der Waals surface area contributed by atoms with Crippen molar-refractivity contribution in [2.24, 2.45) is 0 Å². The topological polar surface area (TPSA) is 53.0 Å². The lowest BCUT2D eigenvalue weighted by molar-refractivity contribution is -0.0207. The van der Waals surface area contributed by atoms with Gasteiger partial charge in [0.1, 0.15) is 6.10 Å². The highest BCUT2D eigenvalue weighted by molar-refractivity contribution is 5.99. The van der Waals surface area contributed by atoms with Crippen molar-refractivity contribution in [2.75, 3.05) is 32.1 Å². The summed E-state index contributed by atoms with van der Waals surface area (Å²) in [6, 6.07) is 16.1. The number of anilines is 1. The molecular formula is C27H40N2O3. The van der Waals surface area contributed by atoms with Gasteiger partial charge >= 0.3 is 0 Å². The van der Waals surface area contributed by atoms with Crippen LogP contribution in [0.4, 0.5) is 5.69 Å². The van der Waals surface area contributed by atoms with E-state index < -0.39 is 12.2 Å². The van der Waals surface area contributed by atoms with E-state index in [1.54, 1.807) is 0 Å². The van der Waals surface area contributed by atoms with Gasteiger partial charge in [0.25, 0.3) is 0 Å². The smallest absolute Gasteiger partial charge is 0.191 e. The van der Waals surface area contributed by atoms with E-state index in [9.17, 15) is 9.90 Å². The Labute approximate surface area is 194 Å². The van der Waals surface area contributed by atoms with Gasteiger partial charge in [-0.1, -0.05) is 42.5 Å². The van der Waals surface area contributed by atoms with E-state index in [1.165, 1.54) is 0 Å². The second kappa shape index (κ2) is 12.1. The average Bonchev–Trinajstić information content (AvgIpc) is 2.74. The molecule has 5 heteroatoms. The number of hydrogen-bond donors (Lipinski definition) is 1. The molecule has 0 fully saturated rings. The number of nitrogens with zero attached hydrogens (tertiary/aromatic N) is 2. The van der Waals surface area contributed by atoms with Gasteiger partial charge in [0.05, 0.1) is 12.7 Å². The van der Waals surface area contributed by atoms with Crippen LogP contribution < -0.4 is 4.90 Å². The van der Waals surface area contributed by atoms with Crippen LogP contribution in [0.25, 0.3) is 0 Å². The zero-order chi connectivity index (χ0) is 23.8. The number of ketones is 1. The largest absolute Gasteiger partial charge is 0.389 e. The summed E-state index contributed by atoms with van der Waals surface area (Å²) in [6.45, 7) is 11.2. The molecule has 0 aliphatic heterocycles. The van der Waals surface area contributed by atoms with Crippen LogP contribution in [0.1, 0.15) is 49.2 Å². The second-order valence-electron chi connectivity index (χ2n) is 9.31. The van der Waals surface area contributed by atoms with Gasteiger partial charge in [-0.05, 0) is 51.8 Å². The number of rotatable bonds is 12. The maximum absolute atomic E-state index is 13.2. The van der Waals surface area contributed by atoms with Crippen molar-refractivity contribution >= 4 is 11.5 Å². The number of ether oxygens (including phenoxy) is 1. The first kappa shape index (κ1) is 26.0. The molecule has 0 amide bonds. The van der Waals surface area contributed by atoms with Crippen LogP contribution in [0.15, 0.2) is 48.5 Å². The van der Waals surface area contributed by atoms with Gasteiger partial charge in [0, 0.05) is 50.4 Å². The first-order valence-electron chi connectivity index (χ1n) is 11.5. The van der Waals surface area contributed by atoms with Crippen molar-refractivity contribution in [1.82, 2.24) is 4.90 Å². The highest BCUT2D eigenvalue weighted by Crippen LogP contribution is 2.21. The minimum atomic E-state index is -0.663. The van der Waals surface area contributed by atoms with Crippen LogP contribution in [-0.2, 0) is 11.2 Å². The summed E-state index contributed by atoms with van der Waals surface area (Å²) in [7, 11) is 4.04. The predicted octanol–water partition coefficient (Wildman–Crippen LogP) is 4.35. The van der Waals surface area contributed by atoms with Gasteiger partial charge in [-0.3, -0.25) is 9.69 Å². The van der Waals surface area contributed by atoms with Crippen molar-refractivity contribution in [1.29, 1.82) is 0 Å². The lowest BCUT2D eigenvalue weighted by Crippen LogP contribution is -2.44. The quantitative estimate of drug-likeness (QED) is 0.497. The van der Waals surface area contributed by atoms with Gasteiger partial charge in [0.2, 0.25) is 0 Å². The highest BCUT2D eigenvalue weighted by atomic mass is 16.5. The fourth-order valence-corrected chi connectivity index (χ4v) is 4.12. The first-order valence-corrected chi connectivity index (χ1v) is 11.5. The molecule has 0 aliphatic rings. The normalized spacial score (nSPS) is 13.6. The summed E-state index contributed by atoms with van der Waals surface area (Å²) in [5, 5.41) is 10.6. The van der Waals surface area contributed by atoms with E-state index >= 15 is 0 Å². The molecule has 2 unspecified atom stereocenters. The zero-order valence-corrected chi connectivity index (χ0v) is 20.7. The molecule has 0 spiro atoms. The molecule has 0 aromatic heterocycles. The maximum atomic E-state index is 13.2. The van der Waals surface area contributed by atoms with Crippen LogP contribution in [0.5, 0.6) is 0 Å². The SMILES string of the molecule is Cc1cc(CC(OCC(O)CN(C(C)C)C(C)C)C(=O)c2ccccc2)ccc1N(C)C. The van der Waals surface area contributed by atoms with Crippen LogP contribution in [0, 0.1) is 6.92 Å². The zero-order valence-electron chi connectivity index (χ0n) is 20.7. The Morgan fingerprint density at radius 3 is 2.16 bits per heavy atom. The van der Waals surface area contributed by atoms with Crippen molar-refractivity contribution in [2.45, 2.75) is 65.3 Å². The fourth-order valence-electron chi connectivity index (χ4n) is 4.12. The predicted molar refractivity (Wildman–Crippen MR) is 133 cm³/mol. The van der Waals surface area contributed by atoms with E-state index in [4.69, 9.17) is 4.74 Å². The lowest BCUT2D eigenvalue weighted by Gasteiger charge is -2.32. The van der Waals surface area contributed by atoms with E-state index in [0.29, 0.717) is 30.6 Å². The molecule has 2 atom stereocenters. The van der Waals surface area contributed by atoms with Crippen molar-refractivity contribution in [3.8, 4) is 0 Å². The number of hydrogen-bond acceptors (Lipinski definition) is 5. The van der Waals surface area contributed by atoms with Gasteiger partial charge in [0.15, 0.2) is 5.78 Å². The summed E-state index contributed by atoms with van der Waals surface area (Å²) >= 11 is 0. The molecule has 2 rings (SSSR count). The number of Topliss-reactive ketones (excluding diaryl/α,β-unsaturated/α-hetero) is 1. The third-order valence-corrected chi connectivity index (χ3v) is 5.75. The molecule has 0 saturated carbocycles. The number of carbonyl (C=O) groups excluding carboxylic acids is 1. The van der Waals surface area contributed by atoms with Gasteiger partial charge < -0.3 is 14.7 Å². The maximum Gasteiger partial charge on any atom is 0.191 e. The number of aryl methyl sites for hydroxylation is 1. The van der Waals surface area contributed by atoms with E-state index in [0.717, 1.165) is 16.8 Å². The molecule has 0 bridgehead atoms. The Balaban J connectivity index is 2.16. The van der Waals surface area contributed by atoms with Crippen LogP contribution in [0.2, 0.25) is 0 Å². The molecule has 2 aromatic carbocycles. The number of benzene rings is 2. The van der Waals surface area contributed by atoms with E-state index in [-0.39, 0.29) is 12.4 Å². The van der Waals surface area contributed by atoms with Crippen LogP contribution >= 0.6 is 0 Å². The first-order chi connectivity index (χ1) is 15.1. The minimum Gasteiger partial charge on any atom is -0.389 e. The molecule has 0 saturated heterocycles. The fraction of sp³-hybridized carbons (Fsp3) is 0.519. The molecule has 0 heterocycles. The molecular weight excluding hydrogens is 400 g/mol. The second-order valence-corrected chi connectivity index (χ2v) is 9.31. The van der Waals surface area contributed by atoms with Crippen molar-refractivity contribution in [3.05, 3.63) is 65.2 Å². The third-order valence-electron chi connectivity index (χ3n) is 5.75. The van der Waals surface area contributed by atoms with Crippen LogP contribution in [-0.4, -0.2) is 67.3 Å². The van der Waals surface area contributed by atoms with Crippen LogP contribution in [0.3, 0.4) is 0 Å². The molecule has 0 aliphatic carbocycles. The standard InChI is InChI=1S/C27H40N2O3/c1-19(2)29(20(3)4)17-24(30)18-32-26(27(31)23-11-9-8-10-12-23)16-22-13-14-25(28(6)7)21(5)15-22/h8-15,19-20,24,26,30H,16-18H2,1-7H3. The lowest BCUT2D eigenvalue weighted by atomic mass is 9.98. The highest BCUT2D eigenvalue weighted by Gasteiger charge is 2.24. The third kappa shape index (κ3) is 7.44. The average molecular weight is 441 g/mol. The molecule has 2 aromatic rings. The van der Waals surface area contributed by atoms with E-state index in [2.05, 4.69) is 56.6 Å². The Hall–Kier alpha value is -2.21. The Morgan fingerprint density at radius 2 is 1.62 bits per heavy atom. The van der Waals surface area contributed by atoms with E-state index in [1.807, 2.05) is 50.5 Å². The summed E-state index contributed by atoms with van der Waals surface area (Å²) in [5.74, 6) is -0.0586. The summed E-state index contributed by atoms with van der Waals surface area (Å²) in [6.07, 6.45) is -0.848. The molecule has 1 N–H and O–H groups in total.